The summed E-state index contributed by atoms with van der Waals surface area (Å²) in [4.78, 5) is 12.7. The van der Waals surface area contributed by atoms with Gasteiger partial charge in [-0.1, -0.05) is 13.3 Å². The van der Waals surface area contributed by atoms with Crippen LogP contribution >= 0.6 is 0 Å². The van der Waals surface area contributed by atoms with Crippen LogP contribution in [0.1, 0.15) is 30.1 Å². The Morgan fingerprint density at radius 1 is 1.53 bits per heavy atom. The van der Waals surface area contributed by atoms with E-state index >= 15 is 0 Å². The minimum atomic E-state index is -1.02. The lowest BCUT2D eigenvalue weighted by Crippen LogP contribution is -2.47. The van der Waals surface area contributed by atoms with Crippen molar-refractivity contribution >= 4 is 11.7 Å². The minimum absolute atomic E-state index is 0.139. The number of aromatic carboxylic acids is 1. The van der Waals surface area contributed by atoms with Crippen molar-refractivity contribution in [3.63, 3.8) is 0 Å². The van der Waals surface area contributed by atoms with Crippen LogP contribution in [0.25, 0.3) is 0 Å². The fraction of sp³-hybridized carbons (Fsp3) is 0.462. The van der Waals surface area contributed by atoms with E-state index in [0.29, 0.717) is 11.6 Å². The normalized spacial score (nSPS) is 15.8. The number of rotatable bonds is 4. The number of carboxylic acid groups (broad SMARTS) is 1. The first-order valence-corrected chi connectivity index (χ1v) is 5.89. The van der Waals surface area contributed by atoms with E-state index in [1.54, 1.807) is 0 Å². The number of benzene rings is 1. The van der Waals surface area contributed by atoms with Gasteiger partial charge in [-0.3, -0.25) is 0 Å². The van der Waals surface area contributed by atoms with Crippen molar-refractivity contribution < 1.29 is 14.3 Å². The lowest BCUT2D eigenvalue weighted by molar-refractivity contribution is 0.0697. The number of carboxylic acids is 1. The van der Waals surface area contributed by atoms with Crippen LogP contribution in [0.3, 0.4) is 0 Å². The fourth-order valence-electron chi connectivity index (χ4n) is 2.25. The predicted molar refractivity (Wildman–Crippen MR) is 64.0 cm³/mol. The summed E-state index contributed by atoms with van der Waals surface area (Å²) in [5.41, 5.74) is 0.553. The van der Waals surface area contributed by atoms with E-state index in [2.05, 4.69) is 6.92 Å². The van der Waals surface area contributed by atoms with Gasteiger partial charge in [0.25, 0.3) is 0 Å². The third-order valence-corrected chi connectivity index (χ3v) is 3.19. The van der Waals surface area contributed by atoms with Gasteiger partial charge < -0.3 is 10.0 Å². The van der Waals surface area contributed by atoms with Gasteiger partial charge in [-0.2, -0.15) is 0 Å². The number of anilines is 1. The molecule has 1 aromatic rings. The van der Waals surface area contributed by atoms with Gasteiger partial charge in [0, 0.05) is 13.1 Å². The molecule has 2 rings (SSSR count). The molecule has 4 heteroatoms. The van der Waals surface area contributed by atoms with E-state index in [0.717, 1.165) is 25.9 Å². The van der Waals surface area contributed by atoms with Gasteiger partial charge in [0.15, 0.2) is 0 Å². The van der Waals surface area contributed by atoms with Crippen LogP contribution in [0.15, 0.2) is 18.2 Å². The SMILES string of the molecule is CCCC1CN(c2cc(C(=O)O)ccc2F)C1. The van der Waals surface area contributed by atoms with Crippen molar-refractivity contribution in [3.8, 4) is 0 Å². The second-order valence-corrected chi connectivity index (χ2v) is 4.53. The zero-order valence-electron chi connectivity index (χ0n) is 9.82. The molecule has 0 aliphatic carbocycles. The summed E-state index contributed by atoms with van der Waals surface area (Å²) >= 11 is 0. The van der Waals surface area contributed by atoms with E-state index in [9.17, 15) is 9.18 Å². The number of halogens is 1. The van der Waals surface area contributed by atoms with Crippen LogP contribution in [0.5, 0.6) is 0 Å². The molecule has 1 heterocycles. The highest BCUT2D eigenvalue weighted by Gasteiger charge is 2.28. The zero-order chi connectivity index (χ0) is 12.4. The average Bonchev–Trinajstić information content (AvgIpc) is 2.24. The van der Waals surface area contributed by atoms with Crippen molar-refractivity contribution in [2.45, 2.75) is 19.8 Å². The summed E-state index contributed by atoms with van der Waals surface area (Å²) in [6, 6.07) is 3.94. The summed E-state index contributed by atoms with van der Waals surface area (Å²) in [6.45, 7) is 3.79. The Morgan fingerprint density at radius 2 is 2.24 bits per heavy atom. The zero-order valence-corrected chi connectivity index (χ0v) is 9.82. The molecular formula is C13H16FNO2. The highest BCUT2D eigenvalue weighted by molar-refractivity contribution is 5.89. The molecule has 0 bridgehead atoms. The Labute approximate surface area is 99.9 Å². The Bertz CT molecular complexity index is 427. The largest absolute Gasteiger partial charge is 0.478 e. The highest BCUT2D eigenvalue weighted by atomic mass is 19.1. The Hall–Kier alpha value is -1.58. The van der Waals surface area contributed by atoms with E-state index in [1.807, 2.05) is 4.90 Å². The first kappa shape index (κ1) is 11.9. The average molecular weight is 237 g/mol. The van der Waals surface area contributed by atoms with E-state index in [-0.39, 0.29) is 11.4 Å². The van der Waals surface area contributed by atoms with Crippen LogP contribution in [-0.2, 0) is 0 Å². The molecule has 0 aromatic heterocycles. The third kappa shape index (κ3) is 2.40. The topological polar surface area (TPSA) is 40.5 Å². The predicted octanol–water partition coefficient (Wildman–Crippen LogP) is 2.76. The van der Waals surface area contributed by atoms with Crippen LogP contribution in [-0.4, -0.2) is 24.2 Å². The molecule has 92 valence electrons. The summed E-state index contributed by atoms with van der Waals surface area (Å²) in [6.07, 6.45) is 2.28. The number of hydrogen-bond donors (Lipinski definition) is 1. The number of nitrogens with zero attached hydrogens (tertiary/aromatic N) is 1. The van der Waals surface area contributed by atoms with Crippen molar-refractivity contribution in [1.29, 1.82) is 0 Å². The summed E-state index contributed by atoms with van der Waals surface area (Å²) in [5.74, 6) is -0.741. The lowest BCUT2D eigenvalue weighted by atomic mass is 9.94. The molecule has 1 aliphatic rings. The van der Waals surface area contributed by atoms with Gasteiger partial charge in [-0.05, 0) is 30.5 Å². The second kappa shape index (κ2) is 4.73. The molecule has 0 atom stereocenters. The van der Waals surface area contributed by atoms with Gasteiger partial charge >= 0.3 is 5.97 Å². The minimum Gasteiger partial charge on any atom is -0.478 e. The van der Waals surface area contributed by atoms with Gasteiger partial charge in [0.1, 0.15) is 5.82 Å². The van der Waals surface area contributed by atoms with Crippen LogP contribution in [0, 0.1) is 11.7 Å². The van der Waals surface area contributed by atoms with Crippen molar-refractivity contribution in [1.82, 2.24) is 0 Å². The van der Waals surface area contributed by atoms with E-state index < -0.39 is 5.97 Å². The highest BCUT2D eigenvalue weighted by Crippen LogP contribution is 2.30. The van der Waals surface area contributed by atoms with Crippen molar-refractivity contribution in [3.05, 3.63) is 29.6 Å². The second-order valence-electron chi connectivity index (χ2n) is 4.53. The maximum atomic E-state index is 13.6. The molecule has 0 saturated carbocycles. The molecule has 0 amide bonds. The molecule has 1 aliphatic heterocycles. The molecule has 0 spiro atoms. The Balaban J connectivity index is 2.11. The monoisotopic (exact) mass is 237 g/mol. The third-order valence-electron chi connectivity index (χ3n) is 3.19. The maximum Gasteiger partial charge on any atom is 0.335 e. The van der Waals surface area contributed by atoms with Crippen LogP contribution in [0.4, 0.5) is 10.1 Å². The Kier molecular flexibility index (Phi) is 3.31. The molecule has 1 N–H and O–H groups in total. The molecule has 0 radical (unpaired) electrons. The summed E-state index contributed by atoms with van der Waals surface area (Å²) in [7, 11) is 0. The molecule has 0 unspecified atom stereocenters. The molecule has 17 heavy (non-hydrogen) atoms. The summed E-state index contributed by atoms with van der Waals surface area (Å²) < 4.78 is 13.6. The molecule has 1 fully saturated rings. The van der Waals surface area contributed by atoms with Gasteiger partial charge in [-0.15, -0.1) is 0 Å². The number of carbonyl (C=O) groups is 1. The maximum absolute atomic E-state index is 13.6. The summed E-state index contributed by atoms with van der Waals surface area (Å²) in [5, 5.41) is 8.87. The quantitative estimate of drug-likeness (QED) is 0.875. The smallest absolute Gasteiger partial charge is 0.335 e. The molecule has 1 saturated heterocycles. The van der Waals surface area contributed by atoms with Crippen molar-refractivity contribution in [2.75, 3.05) is 18.0 Å². The van der Waals surface area contributed by atoms with Crippen molar-refractivity contribution in [2.24, 2.45) is 5.92 Å². The van der Waals surface area contributed by atoms with Gasteiger partial charge in [-0.25, -0.2) is 9.18 Å². The van der Waals surface area contributed by atoms with Crippen LogP contribution < -0.4 is 4.90 Å². The van der Waals surface area contributed by atoms with E-state index in [4.69, 9.17) is 5.11 Å². The molecule has 1 aromatic carbocycles. The fourth-order valence-corrected chi connectivity index (χ4v) is 2.25. The first-order valence-electron chi connectivity index (χ1n) is 5.89. The van der Waals surface area contributed by atoms with Gasteiger partial charge in [0.05, 0.1) is 11.3 Å². The standard InChI is InChI=1S/C13H16FNO2/c1-2-3-9-7-15(8-9)12-6-10(13(16)17)4-5-11(12)14/h4-6,9H,2-3,7-8H2,1H3,(H,16,17). The van der Waals surface area contributed by atoms with Gasteiger partial charge in [0.2, 0.25) is 0 Å². The first-order chi connectivity index (χ1) is 8.11. The Morgan fingerprint density at radius 3 is 2.82 bits per heavy atom. The lowest BCUT2D eigenvalue weighted by Gasteiger charge is -2.41. The molecule has 3 nitrogen and oxygen atoms in total. The number of hydrogen-bond acceptors (Lipinski definition) is 2. The van der Waals surface area contributed by atoms with E-state index in [1.165, 1.54) is 18.2 Å². The van der Waals surface area contributed by atoms with Crippen LogP contribution in [0.2, 0.25) is 0 Å². The molecular weight excluding hydrogens is 221 g/mol.